The summed E-state index contributed by atoms with van der Waals surface area (Å²) in [5.74, 6) is -10.1. The number of methoxy groups -OCH3 is 1. The number of carbonyl (C=O) groups is 2. The summed E-state index contributed by atoms with van der Waals surface area (Å²) >= 11 is 4.99. The van der Waals surface area contributed by atoms with Crippen molar-refractivity contribution in [2.45, 2.75) is 20.8 Å². The summed E-state index contributed by atoms with van der Waals surface area (Å²) in [5.41, 5.74) is -0.531. The summed E-state index contributed by atoms with van der Waals surface area (Å²) < 4.78 is 60.4. The SMILES string of the molecule is COc1c(F)c(F)c(C(=O)NC(=S)Nc2ccc(N3CCN(C(=O)C(C)(C)C)CC3)cc2)c(F)c1F. The van der Waals surface area contributed by atoms with E-state index in [1.807, 2.05) is 43.1 Å². The molecule has 1 heterocycles. The number of thiocarbonyl (C=S) groups is 1. The first kappa shape index (κ1) is 27.2. The number of hydrogen-bond donors (Lipinski definition) is 2. The molecule has 0 spiro atoms. The molecule has 12 heteroatoms. The quantitative estimate of drug-likeness (QED) is 0.356. The lowest BCUT2D eigenvalue weighted by molar-refractivity contribution is -0.139. The third-order valence-electron chi connectivity index (χ3n) is 5.58. The smallest absolute Gasteiger partial charge is 0.263 e. The van der Waals surface area contributed by atoms with Crippen LogP contribution in [0.15, 0.2) is 24.3 Å². The molecule has 2 amide bonds. The van der Waals surface area contributed by atoms with Crippen LogP contribution in [0.1, 0.15) is 31.1 Å². The van der Waals surface area contributed by atoms with Gasteiger partial charge in [0.05, 0.1) is 7.11 Å². The number of anilines is 2. The number of nitrogens with zero attached hydrogens (tertiary/aromatic N) is 2. The average molecular weight is 527 g/mol. The zero-order valence-corrected chi connectivity index (χ0v) is 21.0. The normalized spacial score (nSPS) is 13.9. The van der Waals surface area contributed by atoms with Gasteiger partial charge in [-0.15, -0.1) is 0 Å². The third kappa shape index (κ3) is 5.69. The standard InChI is InChI=1S/C24H26F4N4O3S/c1-24(2,3)22(34)32-11-9-31(10-12-32)14-7-5-13(6-8-14)29-23(36)30-21(33)15-16(25)18(27)20(35-4)19(28)17(15)26/h5-8H,9-12H2,1-4H3,(H2,29,30,33,36). The van der Waals surface area contributed by atoms with E-state index in [4.69, 9.17) is 12.2 Å². The van der Waals surface area contributed by atoms with Gasteiger partial charge >= 0.3 is 0 Å². The number of ether oxygens (including phenoxy) is 1. The highest BCUT2D eigenvalue weighted by molar-refractivity contribution is 7.80. The highest BCUT2D eigenvalue weighted by atomic mass is 32.1. The van der Waals surface area contributed by atoms with Gasteiger partial charge in [-0.25, -0.2) is 8.78 Å². The fourth-order valence-electron chi connectivity index (χ4n) is 3.72. The Hall–Kier alpha value is -3.41. The van der Waals surface area contributed by atoms with E-state index in [9.17, 15) is 27.2 Å². The van der Waals surface area contributed by atoms with Crippen LogP contribution in [0.2, 0.25) is 0 Å². The first-order valence-corrected chi connectivity index (χ1v) is 11.4. The maximum atomic E-state index is 14.2. The molecule has 0 saturated carbocycles. The van der Waals surface area contributed by atoms with Gasteiger partial charge in [-0.05, 0) is 36.5 Å². The second kappa shape index (κ2) is 10.7. The van der Waals surface area contributed by atoms with Crippen molar-refractivity contribution >= 4 is 40.5 Å². The van der Waals surface area contributed by atoms with Crippen molar-refractivity contribution in [1.82, 2.24) is 10.2 Å². The lowest BCUT2D eigenvalue weighted by atomic mass is 9.94. The Kier molecular flexibility index (Phi) is 8.07. The maximum Gasteiger partial charge on any atom is 0.263 e. The maximum absolute atomic E-state index is 14.2. The van der Waals surface area contributed by atoms with Crippen LogP contribution in [-0.4, -0.2) is 55.1 Å². The molecule has 0 bridgehead atoms. The van der Waals surface area contributed by atoms with Crippen LogP contribution in [0.25, 0.3) is 0 Å². The van der Waals surface area contributed by atoms with Crippen molar-refractivity contribution in [2.24, 2.45) is 5.41 Å². The molecule has 3 rings (SSSR count). The van der Waals surface area contributed by atoms with E-state index < -0.39 is 45.9 Å². The van der Waals surface area contributed by atoms with Crippen LogP contribution in [0.4, 0.5) is 28.9 Å². The van der Waals surface area contributed by atoms with Crippen molar-refractivity contribution in [1.29, 1.82) is 0 Å². The van der Waals surface area contributed by atoms with E-state index in [2.05, 4.69) is 15.0 Å². The number of rotatable bonds is 4. The molecule has 0 radical (unpaired) electrons. The van der Waals surface area contributed by atoms with Gasteiger partial charge < -0.3 is 19.9 Å². The molecule has 0 aromatic heterocycles. The first-order valence-electron chi connectivity index (χ1n) is 11.0. The second-order valence-electron chi connectivity index (χ2n) is 9.15. The van der Waals surface area contributed by atoms with Gasteiger partial charge in [0, 0.05) is 43.0 Å². The highest BCUT2D eigenvalue weighted by Gasteiger charge is 2.31. The number of hydrogen-bond acceptors (Lipinski definition) is 5. The van der Waals surface area contributed by atoms with E-state index in [1.54, 1.807) is 12.1 Å². The number of amides is 2. The van der Waals surface area contributed by atoms with Crippen LogP contribution in [0, 0.1) is 28.7 Å². The summed E-state index contributed by atoms with van der Waals surface area (Å²) in [5, 5.41) is 4.34. The Balaban J connectivity index is 1.61. The minimum atomic E-state index is -1.90. The number of nitrogens with one attached hydrogen (secondary N) is 2. The average Bonchev–Trinajstić information content (AvgIpc) is 2.83. The van der Waals surface area contributed by atoms with E-state index in [-0.39, 0.29) is 11.0 Å². The van der Waals surface area contributed by atoms with Gasteiger partial charge in [0.2, 0.25) is 17.5 Å². The summed E-state index contributed by atoms with van der Waals surface area (Å²) in [7, 11) is 0.832. The number of benzene rings is 2. The van der Waals surface area contributed by atoms with Crippen molar-refractivity contribution in [3.8, 4) is 5.75 Å². The van der Waals surface area contributed by atoms with E-state index in [0.717, 1.165) is 12.8 Å². The van der Waals surface area contributed by atoms with Gasteiger partial charge in [0.15, 0.2) is 22.5 Å². The van der Waals surface area contributed by atoms with Crippen molar-refractivity contribution in [3.05, 3.63) is 53.1 Å². The molecular formula is C24H26F4N4O3S. The summed E-state index contributed by atoms with van der Waals surface area (Å²) in [6.07, 6.45) is 0. The van der Waals surface area contributed by atoms with Gasteiger partial charge in [-0.2, -0.15) is 8.78 Å². The molecule has 2 aromatic rings. The fourth-order valence-corrected chi connectivity index (χ4v) is 3.93. The predicted octanol–water partition coefficient (Wildman–Crippen LogP) is 4.07. The second-order valence-corrected chi connectivity index (χ2v) is 9.56. The molecule has 2 N–H and O–H groups in total. The molecule has 1 aliphatic rings. The Labute approximate surface area is 211 Å². The zero-order valence-electron chi connectivity index (χ0n) is 20.2. The lowest BCUT2D eigenvalue weighted by Gasteiger charge is -2.38. The number of carbonyl (C=O) groups excluding carboxylic acids is 2. The number of halogens is 4. The monoisotopic (exact) mass is 526 g/mol. The summed E-state index contributed by atoms with van der Waals surface area (Å²) in [4.78, 5) is 28.7. The molecule has 2 aromatic carbocycles. The Morgan fingerprint density at radius 1 is 0.917 bits per heavy atom. The minimum Gasteiger partial charge on any atom is -0.491 e. The van der Waals surface area contributed by atoms with Crippen molar-refractivity contribution in [2.75, 3.05) is 43.5 Å². The molecule has 7 nitrogen and oxygen atoms in total. The molecule has 194 valence electrons. The predicted molar refractivity (Wildman–Crippen MR) is 131 cm³/mol. The molecule has 0 aliphatic carbocycles. The van der Waals surface area contributed by atoms with Crippen LogP contribution >= 0.6 is 12.2 Å². The summed E-state index contributed by atoms with van der Waals surface area (Å²) in [6, 6.07) is 6.96. The molecule has 1 saturated heterocycles. The third-order valence-corrected chi connectivity index (χ3v) is 5.78. The van der Waals surface area contributed by atoms with Crippen LogP contribution < -0.4 is 20.3 Å². The lowest BCUT2D eigenvalue weighted by Crippen LogP contribution is -2.51. The minimum absolute atomic E-state index is 0.108. The van der Waals surface area contributed by atoms with Crippen LogP contribution in [0.3, 0.4) is 0 Å². The van der Waals surface area contributed by atoms with Crippen molar-refractivity contribution in [3.63, 3.8) is 0 Å². The van der Waals surface area contributed by atoms with Gasteiger partial charge in [0.25, 0.3) is 5.91 Å². The zero-order chi connectivity index (χ0) is 26.8. The van der Waals surface area contributed by atoms with E-state index >= 15 is 0 Å². The van der Waals surface area contributed by atoms with E-state index in [1.165, 1.54) is 0 Å². The summed E-state index contributed by atoms with van der Waals surface area (Å²) in [6.45, 7) is 8.20. The molecule has 0 unspecified atom stereocenters. The molecule has 1 fully saturated rings. The Morgan fingerprint density at radius 3 is 1.92 bits per heavy atom. The topological polar surface area (TPSA) is 73.9 Å². The largest absolute Gasteiger partial charge is 0.491 e. The van der Waals surface area contributed by atoms with Crippen molar-refractivity contribution < 1.29 is 31.9 Å². The first-order chi connectivity index (χ1) is 16.8. The molecular weight excluding hydrogens is 500 g/mol. The van der Waals surface area contributed by atoms with Gasteiger partial charge in [-0.3, -0.25) is 14.9 Å². The van der Waals surface area contributed by atoms with Crippen LogP contribution in [-0.2, 0) is 4.79 Å². The molecule has 0 atom stereocenters. The van der Waals surface area contributed by atoms with Gasteiger partial charge in [-0.1, -0.05) is 20.8 Å². The van der Waals surface area contributed by atoms with E-state index in [0.29, 0.717) is 31.9 Å². The fraction of sp³-hybridized carbons (Fsp3) is 0.375. The van der Waals surface area contributed by atoms with Crippen LogP contribution in [0.5, 0.6) is 5.75 Å². The highest BCUT2D eigenvalue weighted by Crippen LogP contribution is 2.30. The molecule has 36 heavy (non-hydrogen) atoms. The number of piperazine rings is 1. The molecule has 1 aliphatic heterocycles. The van der Waals surface area contributed by atoms with Gasteiger partial charge in [0.1, 0.15) is 5.56 Å². The Bertz CT molecular complexity index is 1150. The Morgan fingerprint density at radius 2 is 1.44 bits per heavy atom.